The molecular formula is C18H13N3O4S. The maximum Gasteiger partial charge on any atom is 0.339 e. The lowest BCUT2D eigenvalue weighted by atomic mass is 10.2. The van der Waals surface area contributed by atoms with E-state index in [1.807, 2.05) is 30.3 Å². The van der Waals surface area contributed by atoms with Crippen LogP contribution in [0.15, 0.2) is 63.8 Å². The van der Waals surface area contributed by atoms with Gasteiger partial charge in [-0.15, -0.1) is 0 Å². The van der Waals surface area contributed by atoms with E-state index < -0.39 is 5.63 Å². The summed E-state index contributed by atoms with van der Waals surface area (Å²) >= 11 is 5.29. The Kier molecular flexibility index (Phi) is 4.02. The van der Waals surface area contributed by atoms with E-state index in [2.05, 4.69) is 10.2 Å². The van der Waals surface area contributed by atoms with Crippen LogP contribution in [-0.4, -0.2) is 19.9 Å². The number of hydrogen-bond donors (Lipinski definition) is 2. The molecule has 130 valence electrons. The molecule has 0 aliphatic carbocycles. The standard InChI is InChI=1S/C18H13N3O4S/c22-12-6-7-13-14(9-17(23)25-15(13)8-12)24-10-16-19-20-18(26)21(16)11-4-2-1-3-5-11/h1-9,22H,10H2,(H,20,26). The number of fused-ring (bicyclic) bond motifs is 1. The molecule has 26 heavy (non-hydrogen) atoms. The summed E-state index contributed by atoms with van der Waals surface area (Å²) in [4.78, 5) is 11.7. The fraction of sp³-hybridized carbons (Fsp3) is 0.0556. The van der Waals surface area contributed by atoms with Crippen LogP contribution in [0.5, 0.6) is 11.5 Å². The van der Waals surface area contributed by atoms with Crippen LogP contribution in [0.3, 0.4) is 0 Å². The van der Waals surface area contributed by atoms with Crippen LogP contribution < -0.4 is 10.4 Å². The molecule has 2 aromatic carbocycles. The Morgan fingerprint density at radius 3 is 2.81 bits per heavy atom. The van der Waals surface area contributed by atoms with Crippen molar-refractivity contribution >= 4 is 23.2 Å². The second kappa shape index (κ2) is 6.49. The summed E-state index contributed by atoms with van der Waals surface area (Å²) in [5.74, 6) is 0.897. The second-order valence-electron chi connectivity index (χ2n) is 5.51. The molecule has 0 unspecified atom stereocenters. The van der Waals surface area contributed by atoms with Crippen molar-refractivity contribution in [2.24, 2.45) is 0 Å². The quantitative estimate of drug-likeness (QED) is 0.425. The molecule has 2 N–H and O–H groups in total. The number of aromatic hydroxyl groups is 1. The molecule has 0 atom stereocenters. The van der Waals surface area contributed by atoms with E-state index in [1.54, 1.807) is 10.6 Å². The molecule has 0 bridgehead atoms. The van der Waals surface area contributed by atoms with E-state index in [0.717, 1.165) is 5.69 Å². The van der Waals surface area contributed by atoms with E-state index in [0.29, 0.717) is 21.7 Å². The highest BCUT2D eigenvalue weighted by molar-refractivity contribution is 7.71. The van der Waals surface area contributed by atoms with E-state index in [-0.39, 0.29) is 17.9 Å². The molecule has 0 fully saturated rings. The Hall–Kier alpha value is -3.39. The van der Waals surface area contributed by atoms with Crippen LogP contribution in [0.2, 0.25) is 0 Å². The van der Waals surface area contributed by atoms with Crippen molar-refractivity contribution in [1.29, 1.82) is 0 Å². The molecule has 0 aliphatic rings. The van der Waals surface area contributed by atoms with Gasteiger partial charge in [0.25, 0.3) is 0 Å². The molecule has 0 spiro atoms. The average Bonchev–Trinajstić information content (AvgIpc) is 3.00. The van der Waals surface area contributed by atoms with Gasteiger partial charge in [0.1, 0.15) is 23.7 Å². The molecule has 4 rings (SSSR count). The predicted octanol–water partition coefficient (Wildman–Crippen LogP) is 3.32. The Morgan fingerprint density at radius 1 is 1.19 bits per heavy atom. The van der Waals surface area contributed by atoms with Crippen LogP contribution >= 0.6 is 12.2 Å². The number of aromatic amines is 1. The number of benzene rings is 2. The number of H-pyrrole nitrogens is 1. The highest BCUT2D eigenvalue weighted by atomic mass is 32.1. The van der Waals surface area contributed by atoms with Crippen molar-refractivity contribution in [2.75, 3.05) is 0 Å². The highest BCUT2D eigenvalue weighted by Crippen LogP contribution is 2.27. The van der Waals surface area contributed by atoms with E-state index in [9.17, 15) is 9.90 Å². The molecule has 0 amide bonds. The predicted molar refractivity (Wildman–Crippen MR) is 97.2 cm³/mol. The number of nitrogens with zero attached hydrogens (tertiary/aromatic N) is 2. The zero-order chi connectivity index (χ0) is 18.1. The first kappa shape index (κ1) is 16.1. The summed E-state index contributed by atoms with van der Waals surface area (Å²) in [5.41, 5.74) is 0.529. The molecule has 0 aliphatic heterocycles. The number of phenols is 1. The van der Waals surface area contributed by atoms with Crippen LogP contribution in [0.25, 0.3) is 16.7 Å². The van der Waals surface area contributed by atoms with Gasteiger partial charge in [-0.1, -0.05) is 18.2 Å². The van der Waals surface area contributed by atoms with Crippen LogP contribution in [0.4, 0.5) is 0 Å². The van der Waals surface area contributed by atoms with Crippen LogP contribution in [0.1, 0.15) is 5.82 Å². The Bertz CT molecular complexity index is 1190. The number of phenolic OH excluding ortho intramolecular Hbond substituents is 1. The summed E-state index contributed by atoms with van der Waals surface area (Å²) in [6.45, 7) is 0.0848. The normalized spacial score (nSPS) is 10.9. The third-order valence-corrected chi connectivity index (χ3v) is 4.08. The maximum atomic E-state index is 11.7. The molecule has 7 nitrogen and oxygen atoms in total. The van der Waals surface area contributed by atoms with Crippen LogP contribution in [0, 0.1) is 4.77 Å². The summed E-state index contributed by atoms with van der Waals surface area (Å²) in [7, 11) is 0. The number of hydrogen-bond acceptors (Lipinski definition) is 6. The fourth-order valence-corrected chi connectivity index (χ4v) is 2.91. The van der Waals surface area contributed by atoms with Crippen molar-refractivity contribution < 1.29 is 14.3 Å². The van der Waals surface area contributed by atoms with Gasteiger partial charge in [-0.2, -0.15) is 5.10 Å². The highest BCUT2D eigenvalue weighted by Gasteiger charge is 2.12. The largest absolute Gasteiger partial charge is 0.508 e. The van der Waals surface area contributed by atoms with Crippen molar-refractivity contribution in [3.8, 4) is 17.2 Å². The van der Waals surface area contributed by atoms with E-state index >= 15 is 0 Å². The SMILES string of the molecule is O=c1cc(OCc2n[nH]c(=S)n2-c2ccccc2)c2ccc(O)cc2o1. The van der Waals surface area contributed by atoms with Gasteiger partial charge in [0.2, 0.25) is 0 Å². The lowest BCUT2D eigenvalue weighted by molar-refractivity contribution is 0.294. The number of aromatic nitrogens is 3. The molecule has 0 radical (unpaired) electrons. The first-order valence-corrected chi connectivity index (χ1v) is 8.14. The molecule has 0 saturated heterocycles. The van der Waals surface area contributed by atoms with Crippen molar-refractivity contribution in [2.45, 2.75) is 6.61 Å². The number of rotatable bonds is 4. The van der Waals surface area contributed by atoms with Gasteiger partial charge in [-0.25, -0.2) is 4.79 Å². The van der Waals surface area contributed by atoms with Crippen molar-refractivity contribution in [3.05, 3.63) is 75.6 Å². The van der Waals surface area contributed by atoms with Crippen molar-refractivity contribution in [1.82, 2.24) is 14.8 Å². The zero-order valence-corrected chi connectivity index (χ0v) is 14.2. The number of nitrogens with one attached hydrogen (secondary N) is 1. The van der Waals surface area contributed by atoms with Gasteiger partial charge in [-0.05, 0) is 36.5 Å². The van der Waals surface area contributed by atoms with Gasteiger partial charge in [0.05, 0.1) is 11.5 Å². The summed E-state index contributed by atoms with van der Waals surface area (Å²) in [6, 6.07) is 15.3. The monoisotopic (exact) mass is 367 g/mol. The third kappa shape index (κ3) is 2.98. The average molecular weight is 367 g/mol. The van der Waals surface area contributed by atoms with Crippen molar-refractivity contribution in [3.63, 3.8) is 0 Å². The number of para-hydroxylation sites is 1. The van der Waals surface area contributed by atoms with E-state index in [4.69, 9.17) is 21.4 Å². The van der Waals surface area contributed by atoms with Gasteiger partial charge in [-0.3, -0.25) is 9.67 Å². The lowest BCUT2D eigenvalue weighted by Gasteiger charge is -2.10. The Morgan fingerprint density at radius 2 is 2.00 bits per heavy atom. The Balaban J connectivity index is 1.70. The van der Waals surface area contributed by atoms with Gasteiger partial charge < -0.3 is 14.3 Å². The summed E-state index contributed by atoms with van der Waals surface area (Å²) in [6.07, 6.45) is 0. The first-order chi connectivity index (χ1) is 12.6. The van der Waals surface area contributed by atoms with E-state index in [1.165, 1.54) is 18.2 Å². The van der Waals surface area contributed by atoms with Gasteiger partial charge >= 0.3 is 5.63 Å². The second-order valence-corrected chi connectivity index (χ2v) is 5.90. The minimum atomic E-state index is -0.569. The number of ether oxygens (including phenoxy) is 1. The molecule has 4 aromatic rings. The summed E-state index contributed by atoms with van der Waals surface area (Å²) in [5, 5.41) is 17.1. The molecule has 0 saturated carbocycles. The molecule has 2 aromatic heterocycles. The van der Waals surface area contributed by atoms with Gasteiger partial charge in [0, 0.05) is 11.8 Å². The fourth-order valence-electron chi connectivity index (χ4n) is 2.65. The first-order valence-electron chi connectivity index (χ1n) is 7.73. The zero-order valence-electron chi connectivity index (χ0n) is 13.4. The lowest BCUT2D eigenvalue weighted by Crippen LogP contribution is -2.07. The third-order valence-electron chi connectivity index (χ3n) is 3.80. The smallest absolute Gasteiger partial charge is 0.339 e. The van der Waals surface area contributed by atoms with Gasteiger partial charge in [0.15, 0.2) is 10.6 Å². The topological polar surface area (TPSA) is 93.3 Å². The summed E-state index contributed by atoms with van der Waals surface area (Å²) < 4.78 is 13.1. The molecule has 8 heteroatoms. The molecule has 2 heterocycles. The Labute approximate surface area is 152 Å². The maximum absolute atomic E-state index is 11.7. The minimum absolute atomic E-state index is 0.00256. The minimum Gasteiger partial charge on any atom is -0.508 e. The van der Waals surface area contributed by atoms with Crippen LogP contribution in [-0.2, 0) is 6.61 Å². The molecular weight excluding hydrogens is 354 g/mol.